The van der Waals surface area contributed by atoms with Crippen molar-refractivity contribution >= 4 is 0 Å². The second kappa shape index (κ2) is 5.17. The van der Waals surface area contributed by atoms with E-state index in [0.717, 1.165) is 13.0 Å². The average molecular weight is 235 g/mol. The molecule has 0 aliphatic carbocycles. The number of hydrogen-bond acceptors (Lipinski definition) is 3. The Morgan fingerprint density at radius 2 is 2.12 bits per heavy atom. The Balaban J connectivity index is 2.24. The van der Waals surface area contributed by atoms with Gasteiger partial charge in [0.05, 0.1) is 13.2 Å². The van der Waals surface area contributed by atoms with E-state index in [1.54, 1.807) is 7.11 Å². The van der Waals surface area contributed by atoms with Crippen LogP contribution >= 0.6 is 0 Å². The van der Waals surface area contributed by atoms with E-state index < -0.39 is 0 Å². The van der Waals surface area contributed by atoms with Crippen LogP contribution in [0.5, 0.6) is 0 Å². The average Bonchev–Trinajstić information content (AvgIpc) is 2.68. The Hall–Kier alpha value is -0.900. The zero-order valence-corrected chi connectivity index (χ0v) is 10.9. The molecule has 0 radical (unpaired) electrons. The lowest BCUT2D eigenvalue weighted by Crippen LogP contribution is -2.34. The van der Waals surface area contributed by atoms with Crippen LogP contribution in [-0.2, 0) is 21.7 Å². The first-order valence-corrected chi connectivity index (χ1v) is 6.04. The second-order valence-corrected chi connectivity index (χ2v) is 4.93. The lowest BCUT2D eigenvalue weighted by Gasteiger charge is -2.30. The maximum atomic E-state index is 6.05. The number of hydrogen-bond donors (Lipinski definition) is 0. The van der Waals surface area contributed by atoms with Crippen LogP contribution in [0.3, 0.4) is 0 Å². The van der Waals surface area contributed by atoms with Gasteiger partial charge < -0.3 is 14.4 Å². The predicted octanol–water partition coefficient (Wildman–Crippen LogP) is 2.01. The van der Waals surface area contributed by atoms with Gasteiger partial charge in [-0.05, 0) is 31.6 Å². The highest BCUT2D eigenvalue weighted by Crippen LogP contribution is 2.39. The largest absolute Gasteiger partial charge is 0.381 e. The van der Waals surface area contributed by atoms with E-state index in [-0.39, 0.29) is 5.60 Å². The fraction of sp³-hybridized carbons (Fsp3) is 0.571. The van der Waals surface area contributed by atoms with Crippen molar-refractivity contribution in [2.45, 2.75) is 18.6 Å². The van der Waals surface area contributed by atoms with Crippen LogP contribution in [0.4, 0.5) is 0 Å². The molecule has 2 rings (SSSR count). The Morgan fingerprint density at radius 3 is 2.82 bits per heavy atom. The van der Waals surface area contributed by atoms with Gasteiger partial charge in [0.15, 0.2) is 0 Å². The number of nitrogens with zero attached hydrogens (tertiary/aromatic N) is 1. The minimum Gasteiger partial charge on any atom is -0.381 e. The Morgan fingerprint density at radius 1 is 1.35 bits per heavy atom. The molecule has 0 spiro atoms. The van der Waals surface area contributed by atoms with Crippen LogP contribution in [0.25, 0.3) is 0 Å². The molecule has 1 atom stereocenters. The van der Waals surface area contributed by atoms with Crippen LogP contribution in [0.2, 0.25) is 0 Å². The molecule has 1 aromatic rings. The van der Waals surface area contributed by atoms with Crippen molar-refractivity contribution in [2.24, 2.45) is 0 Å². The predicted molar refractivity (Wildman–Crippen MR) is 68.0 cm³/mol. The maximum absolute atomic E-state index is 6.05. The number of ether oxygens (including phenoxy) is 2. The molecule has 0 fully saturated rings. The smallest absolute Gasteiger partial charge is 0.118 e. The van der Waals surface area contributed by atoms with Gasteiger partial charge in [-0.2, -0.15) is 0 Å². The summed E-state index contributed by atoms with van der Waals surface area (Å²) in [6.07, 6.45) is 0.963. The van der Waals surface area contributed by atoms with E-state index >= 15 is 0 Å². The van der Waals surface area contributed by atoms with Gasteiger partial charge in [0.1, 0.15) is 5.60 Å². The SMILES string of the molecule is COCC1(CCN(C)C)OCc2ccccc21. The Labute approximate surface area is 103 Å². The number of rotatable bonds is 5. The summed E-state index contributed by atoms with van der Waals surface area (Å²) in [6.45, 7) is 2.32. The minimum atomic E-state index is -0.254. The highest BCUT2D eigenvalue weighted by atomic mass is 16.5. The maximum Gasteiger partial charge on any atom is 0.118 e. The first-order valence-electron chi connectivity index (χ1n) is 6.04. The van der Waals surface area contributed by atoms with Gasteiger partial charge in [0.25, 0.3) is 0 Å². The first-order chi connectivity index (χ1) is 8.18. The molecule has 1 heterocycles. The summed E-state index contributed by atoms with van der Waals surface area (Å²) < 4.78 is 11.4. The lowest BCUT2D eigenvalue weighted by molar-refractivity contribution is -0.0921. The van der Waals surface area contributed by atoms with Gasteiger partial charge in [-0.3, -0.25) is 0 Å². The van der Waals surface area contributed by atoms with E-state index in [1.807, 2.05) is 0 Å². The molecule has 3 heteroatoms. The van der Waals surface area contributed by atoms with Gasteiger partial charge in [0.2, 0.25) is 0 Å². The third kappa shape index (κ3) is 2.51. The Bertz CT molecular complexity index is 374. The molecule has 1 unspecified atom stereocenters. The molecule has 94 valence electrons. The molecule has 0 saturated heterocycles. The summed E-state index contributed by atoms with van der Waals surface area (Å²) in [4.78, 5) is 2.18. The minimum absolute atomic E-state index is 0.254. The monoisotopic (exact) mass is 235 g/mol. The van der Waals surface area contributed by atoms with Gasteiger partial charge in [0, 0.05) is 13.7 Å². The topological polar surface area (TPSA) is 21.7 Å². The third-order valence-corrected chi connectivity index (χ3v) is 3.35. The highest BCUT2D eigenvalue weighted by molar-refractivity contribution is 5.35. The molecule has 0 N–H and O–H groups in total. The summed E-state index contributed by atoms with van der Waals surface area (Å²) in [5, 5.41) is 0. The number of methoxy groups -OCH3 is 1. The quantitative estimate of drug-likeness (QED) is 0.779. The molecule has 1 aromatic carbocycles. The van der Waals surface area contributed by atoms with E-state index in [1.165, 1.54) is 11.1 Å². The second-order valence-electron chi connectivity index (χ2n) is 4.93. The molecule has 17 heavy (non-hydrogen) atoms. The van der Waals surface area contributed by atoms with Crippen molar-refractivity contribution in [3.05, 3.63) is 35.4 Å². The molecular weight excluding hydrogens is 214 g/mol. The van der Waals surface area contributed by atoms with Crippen molar-refractivity contribution in [3.63, 3.8) is 0 Å². The van der Waals surface area contributed by atoms with Crippen molar-refractivity contribution in [3.8, 4) is 0 Å². The van der Waals surface area contributed by atoms with Crippen molar-refractivity contribution in [1.82, 2.24) is 4.90 Å². The fourth-order valence-corrected chi connectivity index (χ4v) is 2.42. The molecule has 0 amide bonds. The van der Waals surface area contributed by atoms with Gasteiger partial charge in [-0.1, -0.05) is 24.3 Å². The zero-order chi connectivity index (χ0) is 12.3. The Kier molecular flexibility index (Phi) is 3.82. The van der Waals surface area contributed by atoms with Crippen molar-refractivity contribution < 1.29 is 9.47 Å². The molecule has 0 aromatic heterocycles. The normalized spacial score (nSPS) is 23.1. The van der Waals surface area contributed by atoms with Crippen LogP contribution < -0.4 is 0 Å². The van der Waals surface area contributed by atoms with Gasteiger partial charge in [-0.15, -0.1) is 0 Å². The molecule has 3 nitrogen and oxygen atoms in total. The van der Waals surface area contributed by atoms with Crippen LogP contribution in [0, 0.1) is 0 Å². The van der Waals surface area contributed by atoms with Crippen LogP contribution in [0.15, 0.2) is 24.3 Å². The van der Waals surface area contributed by atoms with Crippen molar-refractivity contribution in [1.29, 1.82) is 0 Å². The summed E-state index contributed by atoms with van der Waals surface area (Å²) in [5.41, 5.74) is 2.34. The van der Waals surface area contributed by atoms with E-state index in [9.17, 15) is 0 Å². The van der Waals surface area contributed by atoms with E-state index in [0.29, 0.717) is 13.2 Å². The first kappa shape index (κ1) is 12.6. The standard InChI is InChI=1S/C14H21NO2/c1-15(2)9-8-14(11-16-3)13-7-5-4-6-12(13)10-17-14/h4-7H,8-11H2,1-3H3. The van der Waals surface area contributed by atoms with E-state index in [2.05, 4.69) is 43.3 Å². The molecular formula is C14H21NO2. The summed E-state index contributed by atoms with van der Waals surface area (Å²) >= 11 is 0. The highest BCUT2D eigenvalue weighted by Gasteiger charge is 2.39. The lowest BCUT2D eigenvalue weighted by atomic mass is 9.90. The zero-order valence-electron chi connectivity index (χ0n) is 10.9. The van der Waals surface area contributed by atoms with Crippen LogP contribution in [0.1, 0.15) is 17.5 Å². The van der Waals surface area contributed by atoms with E-state index in [4.69, 9.17) is 9.47 Å². The fourth-order valence-electron chi connectivity index (χ4n) is 2.42. The van der Waals surface area contributed by atoms with Crippen molar-refractivity contribution in [2.75, 3.05) is 34.4 Å². The summed E-state index contributed by atoms with van der Waals surface area (Å²) in [5.74, 6) is 0. The molecule has 0 bridgehead atoms. The van der Waals surface area contributed by atoms with Gasteiger partial charge in [-0.25, -0.2) is 0 Å². The van der Waals surface area contributed by atoms with Gasteiger partial charge >= 0.3 is 0 Å². The third-order valence-electron chi connectivity index (χ3n) is 3.35. The summed E-state index contributed by atoms with van der Waals surface area (Å²) in [7, 11) is 5.91. The molecule has 0 saturated carbocycles. The summed E-state index contributed by atoms with van der Waals surface area (Å²) in [6, 6.07) is 8.45. The number of fused-ring (bicyclic) bond motifs is 1. The molecule has 1 aliphatic heterocycles. The molecule has 1 aliphatic rings. The number of benzene rings is 1. The van der Waals surface area contributed by atoms with Crippen LogP contribution in [-0.4, -0.2) is 39.3 Å².